The third-order valence-electron chi connectivity index (χ3n) is 2.41. The average Bonchev–Trinajstić information content (AvgIpc) is 2.52. The Labute approximate surface area is 83.7 Å². The maximum atomic E-state index is 9.53. The lowest BCUT2D eigenvalue weighted by atomic mass is 10.2. The number of aliphatic hydroxyl groups is 1. The lowest BCUT2D eigenvalue weighted by Gasteiger charge is -2.16. The van der Waals surface area contributed by atoms with Gasteiger partial charge in [-0.05, 0) is 24.6 Å². The number of hydrogen-bond acceptors (Lipinski definition) is 3. The predicted octanol–water partition coefficient (Wildman–Crippen LogP) is 0.707. The second kappa shape index (κ2) is 3.98. The van der Waals surface area contributed by atoms with Gasteiger partial charge in [0.2, 0.25) is 0 Å². The maximum absolute atomic E-state index is 9.53. The standard InChI is InChI=1S/C11H15NO2/c1-8-3-2-4-9(5-8)14-11-7-12-6-10(11)13/h2-5,10-13H,6-7H2,1H3/t10-,11-/m1/s1. The second-order valence-corrected chi connectivity index (χ2v) is 3.70. The molecule has 0 aliphatic carbocycles. The number of hydrogen-bond donors (Lipinski definition) is 2. The van der Waals surface area contributed by atoms with E-state index in [2.05, 4.69) is 5.32 Å². The zero-order valence-corrected chi connectivity index (χ0v) is 8.23. The molecule has 2 rings (SSSR count). The fourth-order valence-corrected chi connectivity index (χ4v) is 1.62. The van der Waals surface area contributed by atoms with Crippen molar-refractivity contribution in [2.24, 2.45) is 0 Å². The van der Waals surface area contributed by atoms with Gasteiger partial charge in [0.15, 0.2) is 0 Å². The van der Waals surface area contributed by atoms with Gasteiger partial charge in [0, 0.05) is 13.1 Å². The van der Waals surface area contributed by atoms with Gasteiger partial charge in [0.25, 0.3) is 0 Å². The molecule has 1 aromatic carbocycles. The van der Waals surface area contributed by atoms with E-state index < -0.39 is 6.10 Å². The summed E-state index contributed by atoms with van der Waals surface area (Å²) in [7, 11) is 0. The summed E-state index contributed by atoms with van der Waals surface area (Å²) in [6.07, 6.45) is -0.507. The summed E-state index contributed by atoms with van der Waals surface area (Å²) in [5.74, 6) is 0.831. The van der Waals surface area contributed by atoms with Crippen LogP contribution in [0.1, 0.15) is 5.56 Å². The molecule has 1 aliphatic heterocycles. The van der Waals surface area contributed by atoms with Crippen molar-refractivity contribution in [1.82, 2.24) is 5.32 Å². The Morgan fingerprint density at radius 2 is 2.29 bits per heavy atom. The lowest BCUT2D eigenvalue weighted by Crippen LogP contribution is -2.29. The maximum Gasteiger partial charge on any atom is 0.138 e. The first-order valence-corrected chi connectivity index (χ1v) is 4.88. The minimum absolute atomic E-state index is 0.114. The smallest absolute Gasteiger partial charge is 0.138 e. The van der Waals surface area contributed by atoms with Gasteiger partial charge in [-0.2, -0.15) is 0 Å². The fraction of sp³-hybridized carbons (Fsp3) is 0.455. The molecule has 3 nitrogen and oxygen atoms in total. The Morgan fingerprint density at radius 1 is 1.43 bits per heavy atom. The molecule has 1 saturated heterocycles. The fourth-order valence-electron chi connectivity index (χ4n) is 1.62. The normalized spacial score (nSPS) is 26.4. The number of benzene rings is 1. The molecule has 0 amide bonds. The Balaban J connectivity index is 2.03. The van der Waals surface area contributed by atoms with Crippen LogP contribution in [-0.4, -0.2) is 30.4 Å². The Hall–Kier alpha value is -1.06. The van der Waals surface area contributed by atoms with Crippen LogP contribution in [0.3, 0.4) is 0 Å². The summed E-state index contributed by atoms with van der Waals surface area (Å²) in [6, 6.07) is 7.87. The highest BCUT2D eigenvalue weighted by Crippen LogP contribution is 2.16. The van der Waals surface area contributed by atoms with Crippen molar-refractivity contribution in [2.75, 3.05) is 13.1 Å². The SMILES string of the molecule is Cc1cccc(O[C@@H]2CNC[C@H]2O)c1. The topological polar surface area (TPSA) is 41.5 Å². The molecular weight excluding hydrogens is 178 g/mol. The van der Waals surface area contributed by atoms with Crippen LogP contribution in [0.4, 0.5) is 0 Å². The van der Waals surface area contributed by atoms with E-state index in [0.717, 1.165) is 12.3 Å². The Morgan fingerprint density at radius 3 is 2.93 bits per heavy atom. The zero-order chi connectivity index (χ0) is 9.97. The number of aliphatic hydroxyl groups excluding tert-OH is 1. The van der Waals surface area contributed by atoms with Gasteiger partial charge in [0.1, 0.15) is 18.0 Å². The summed E-state index contributed by atoms with van der Waals surface area (Å²) in [6.45, 7) is 3.36. The van der Waals surface area contributed by atoms with Crippen LogP contribution in [0.5, 0.6) is 5.75 Å². The third kappa shape index (κ3) is 2.05. The monoisotopic (exact) mass is 193 g/mol. The summed E-state index contributed by atoms with van der Waals surface area (Å²) in [4.78, 5) is 0. The van der Waals surface area contributed by atoms with E-state index in [9.17, 15) is 5.11 Å². The molecule has 1 aliphatic rings. The van der Waals surface area contributed by atoms with E-state index in [1.54, 1.807) is 0 Å². The highest BCUT2D eigenvalue weighted by molar-refractivity contribution is 5.27. The number of rotatable bonds is 2. The Kier molecular flexibility index (Phi) is 2.70. The molecule has 76 valence electrons. The van der Waals surface area contributed by atoms with Crippen molar-refractivity contribution in [1.29, 1.82) is 0 Å². The highest BCUT2D eigenvalue weighted by atomic mass is 16.5. The minimum atomic E-state index is -0.393. The number of aryl methyl sites for hydroxylation is 1. The van der Waals surface area contributed by atoms with Crippen LogP contribution in [-0.2, 0) is 0 Å². The molecule has 1 aromatic rings. The summed E-state index contributed by atoms with van der Waals surface area (Å²) in [5.41, 5.74) is 1.17. The second-order valence-electron chi connectivity index (χ2n) is 3.70. The van der Waals surface area contributed by atoms with Crippen molar-refractivity contribution >= 4 is 0 Å². The van der Waals surface area contributed by atoms with E-state index in [-0.39, 0.29) is 6.10 Å². The van der Waals surface area contributed by atoms with Crippen LogP contribution >= 0.6 is 0 Å². The van der Waals surface area contributed by atoms with E-state index in [1.807, 2.05) is 31.2 Å². The van der Waals surface area contributed by atoms with Crippen LogP contribution in [0.2, 0.25) is 0 Å². The summed E-state index contributed by atoms with van der Waals surface area (Å²) >= 11 is 0. The van der Waals surface area contributed by atoms with Crippen molar-refractivity contribution in [2.45, 2.75) is 19.1 Å². The lowest BCUT2D eigenvalue weighted by molar-refractivity contribution is 0.0737. The highest BCUT2D eigenvalue weighted by Gasteiger charge is 2.26. The first-order valence-electron chi connectivity index (χ1n) is 4.88. The average molecular weight is 193 g/mol. The van der Waals surface area contributed by atoms with Gasteiger partial charge >= 0.3 is 0 Å². The zero-order valence-electron chi connectivity index (χ0n) is 8.23. The molecular formula is C11H15NO2. The summed E-state index contributed by atoms with van der Waals surface area (Å²) < 4.78 is 5.66. The molecule has 1 heterocycles. The number of β-amino-alcohol motifs (C(OH)–C–C–N with tert-alkyl or cyclic N) is 1. The van der Waals surface area contributed by atoms with Gasteiger partial charge < -0.3 is 15.2 Å². The number of nitrogens with one attached hydrogen (secondary N) is 1. The molecule has 2 N–H and O–H groups in total. The van der Waals surface area contributed by atoms with Crippen molar-refractivity contribution in [3.05, 3.63) is 29.8 Å². The van der Waals surface area contributed by atoms with Gasteiger partial charge in [-0.25, -0.2) is 0 Å². The quantitative estimate of drug-likeness (QED) is 0.726. The van der Waals surface area contributed by atoms with E-state index in [1.165, 1.54) is 5.56 Å². The van der Waals surface area contributed by atoms with Gasteiger partial charge in [-0.3, -0.25) is 0 Å². The minimum Gasteiger partial charge on any atom is -0.486 e. The molecule has 0 unspecified atom stereocenters. The summed E-state index contributed by atoms with van der Waals surface area (Å²) in [5, 5.41) is 12.6. The largest absolute Gasteiger partial charge is 0.486 e. The third-order valence-corrected chi connectivity index (χ3v) is 2.41. The Bertz CT molecular complexity index is 314. The van der Waals surface area contributed by atoms with Crippen LogP contribution < -0.4 is 10.1 Å². The molecule has 0 radical (unpaired) electrons. The van der Waals surface area contributed by atoms with Gasteiger partial charge in [-0.1, -0.05) is 12.1 Å². The van der Waals surface area contributed by atoms with Gasteiger partial charge in [-0.15, -0.1) is 0 Å². The van der Waals surface area contributed by atoms with E-state index in [4.69, 9.17) is 4.74 Å². The predicted molar refractivity (Wildman–Crippen MR) is 54.5 cm³/mol. The molecule has 0 aromatic heterocycles. The van der Waals surface area contributed by atoms with Crippen LogP contribution in [0.15, 0.2) is 24.3 Å². The molecule has 3 heteroatoms. The van der Waals surface area contributed by atoms with Crippen molar-refractivity contribution in [3.63, 3.8) is 0 Å². The van der Waals surface area contributed by atoms with Crippen LogP contribution in [0, 0.1) is 6.92 Å². The number of ether oxygens (including phenoxy) is 1. The van der Waals surface area contributed by atoms with Crippen LogP contribution in [0.25, 0.3) is 0 Å². The molecule has 0 bridgehead atoms. The molecule has 0 saturated carbocycles. The van der Waals surface area contributed by atoms with Crippen molar-refractivity contribution in [3.8, 4) is 5.75 Å². The molecule has 14 heavy (non-hydrogen) atoms. The van der Waals surface area contributed by atoms with E-state index >= 15 is 0 Å². The van der Waals surface area contributed by atoms with Gasteiger partial charge in [0.05, 0.1) is 0 Å². The first-order chi connectivity index (χ1) is 6.75. The molecule has 2 atom stereocenters. The molecule has 0 spiro atoms. The molecule has 1 fully saturated rings. The first kappa shape index (κ1) is 9.49. The van der Waals surface area contributed by atoms with Crippen molar-refractivity contribution < 1.29 is 9.84 Å². The van der Waals surface area contributed by atoms with E-state index in [0.29, 0.717) is 6.54 Å².